The number of nitrogens with zero attached hydrogens (tertiary/aromatic N) is 2. The second kappa shape index (κ2) is 11.6. The fourth-order valence-electron chi connectivity index (χ4n) is 4.04. The van der Waals surface area contributed by atoms with Gasteiger partial charge in [0.15, 0.2) is 0 Å². The number of anilines is 3. The van der Waals surface area contributed by atoms with Crippen molar-refractivity contribution in [3.05, 3.63) is 78.9 Å². The molecule has 1 heterocycles. The van der Waals surface area contributed by atoms with Crippen molar-refractivity contribution in [1.29, 1.82) is 0 Å². The Bertz CT molecular complexity index is 1130. The molecule has 0 aliphatic carbocycles. The van der Waals surface area contributed by atoms with E-state index < -0.39 is 6.04 Å². The van der Waals surface area contributed by atoms with Gasteiger partial charge >= 0.3 is 0 Å². The molecule has 0 bridgehead atoms. The number of para-hydroxylation sites is 1. The van der Waals surface area contributed by atoms with E-state index >= 15 is 0 Å². The topological polar surface area (TPSA) is 73.9 Å². The minimum atomic E-state index is -0.492. The first-order chi connectivity index (χ1) is 17.0. The Kier molecular flexibility index (Phi) is 8.13. The van der Waals surface area contributed by atoms with Crippen LogP contribution in [0.15, 0.2) is 78.9 Å². The first-order valence-corrected chi connectivity index (χ1v) is 11.9. The number of hydrogen-bond donors (Lipinski definition) is 2. The average molecular weight is 473 g/mol. The lowest BCUT2D eigenvalue weighted by Gasteiger charge is -2.29. The molecule has 3 aromatic carbocycles. The van der Waals surface area contributed by atoms with E-state index in [1.807, 2.05) is 78.9 Å². The number of rotatable bonds is 8. The maximum absolute atomic E-state index is 13.0. The third-order valence-electron chi connectivity index (χ3n) is 6.23. The van der Waals surface area contributed by atoms with Gasteiger partial charge in [0.2, 0.25) is 11.8 Å². The maximum Gasteiger partial charge on any atom is 0.241 e. The van der Waals surface area contributed by atoms with Crippen molar-refractivity contribution in [2.24, 2.45) is 0 Å². The fraction of sp³-hybridized carbons (Fsp3) is 0.286. The highest BCUT2D eigenvalue weighted by Crippen LogP contribution is 2.27. The number of amides is 2. The summed E-state index contributed by atoms with van der Waals surface area (Å²) in [4.78, 5) is 29.6. The number of carbonyl (C=O) groups is 2. The van der Waals surface area contributed by atoms with E-state index in [0.29, 0.717) is 0 Å². The summed E-state index contributed by atoms with van der Waals surface area (Å²) in [5, 5.41) is 5.95. The Labute approximate surface area is 206 Å². The number of carbonyl (C=O) groups excluding carboxylic acids is 2. The molecule has 0 aromatic heterocycles. The third-order valence-corrected chi connectivity index (χ3v) is 6.23. The summed E-state index contributed by atoms with van der Waals surface area (Å²) in [6.07, 6.45) is 0. The van der Waals surface area contributed by atoms with Crippen molar-refractivity contribution in [1.82, 2.24) is 4.90 Å². The highest BCUT2D eigenvalue weighted by Gasteiger charge is 2.21. The molecule has 3 aromatic rings. The zero-order valence-corrected chi connectivity index (χ0v) is 20.2. The van der Waals surface area contributed by atoms with Crippen LogP contribution in [0, 0.1) is 0 Å². The molecule has 1 fully saturated rings. The lowest BCUT2D eigenvalue weighted by atomic mass is 10.0. The van der Waals surface area contributed by atoms with Crippen LogP contribution in [-0.4, -0.2) is 62.7 Å². The van der Waals surface area contributed by atoms with Gasteiger partial charge < -0.3 is 20.3 Å². The molecule has 2 amide bonds. The summed E-state index contributed by atoms with van der Waals surface area (Å²) in [6, 6.07) is 25.0. The Morgan fingerprint density at radius 3 is 2.29 bits per heavy atom. The molecule has 2 N–H and O–H groups in total. The smallest absolute Gasteiger partial charge is 0.241 e. The molecule has 0 radical (unpaired) electrons. The van der Waals surface area contributed by atoms with E-state index in [0.717, 1.165) is 54.5 Å². The number of hydrogen-bond acceptors (Lipinski definition) is 5. The van der Waals surface area contributed by atoms with Gasteiger partial charge in [-0.3, -0.25) is 14.5 Å². The molecule has 182 valence electrons. The van der Waals surface area contributed by atoms with Gasteiger partial charge in [0.1, 0.15) is 0 Å². The minimum Gasteiger partial charge on any atom is -0.378 e. The average Bonchev–Trinajstić information content (AvgIpc) is 2.90. The van der Waals surface area contributed by atoms with Crippen molar-refractivity contribution in [3.63, 3.8) is 0 Å². The van der Waals surface area contributed by atoms with Crippen LogP contribution in [0.25, 0.3) is 11.1 Å². The fourth-order valence-corrected chi connectivity index (χ4v) is 4.04. The molecular formula is C28H32N4O3. The molecule has 0 saturated carbocycles. The molecule has 4 rings (SSSR count). The van der Waals surface area contributed by atoms with Crippen LogP contribution in [0.4, 0.5) is 17.1 Å². The molecule has 1 aliphatic heterocycles. The summed E-state index contributed by atoms with van der Waals surface area (Å²) in [6.45, 7) is 5.09. The molecule has 1 atom stereocenters. The van der Waals surface area contributed by atoms with Crippen LogP contribution in [0.2, 0.25) is 0 Å². The van der Waals surface area contributed by atoms with Crippen molar-refractivity contribution < 1.29 is 14.3 Å². The first kappa shape index (κ1) is 24.4. The number of morpholine rings is 1. The zero-order chi connectivity index (χ0) is 24.6. The maximum atomic E-state index is 13.0. The quantitative estimate of drug-likeness (QED) is 0.517. The van der Waals surface area contributed by atoms with Crippen molar-refractivity contribution in [2.45, 2.75) is 13.0 Å². The van der Waals surface area contributed by atoms with E-state index in [4.69, 9.17) is 4.74 Å². The van der Waals surface area contributed by atoms with Gasteiger partial charge in [-0.1, -0.05) is 48.5 Å². The number of nitrogens with one attached hydrogen (secondary N) is 2. The van der Waals surface area contributed by atoms with Crippen LogP contribution in [-0.2, 0) is 14.3 Å². The van der Waals surface area contributed by atoms with Gasteiger partial charge in [0.05, 0.1) is 25.8 Å². The highest BCUT2D eigenvalue weighted by atomic mass is 16.5. The molecule has 7 nitrogen and oxygen atoms in total. The largest absolute Gasteiger partial charge is 0.378 e. The van der Waals surface area contributed by atoms with Crippen molar-refractivity contribution >= 4 is 28.9 Å². The first-order valence-electron chi connectivity index (χ1n) is 11.9. The standard InChI is InChI=1S/C28H32N4O3/c1-21(28(34)30-26-11-7-6-10-25(26)22-8-4-3-5-9-22)31(2)20-27(33)29-23-12-14-24(15-13-23)32-16-18-35-19-17-32/h3-15,21H,16-20H2,1-2H3,(H,29,33)(H,30,34)/t21-/m1/s1. The molecule has 1 saturated heterocycles. The molecule has 0 unspecified atom stereocenters. The van der Waals surface area contributed by atoms with Crippen LogP contribution in [0.3, 0.4) is 0 Å². The van der Waals surface area contributed by atoms with Gasteiger partial charge in [-0.25, -0.2) is 0 Å². The SMILES string of the molecule is C[C@H](C(=O)Nc1ccccc1-c1ccccc1)N(C)CC(=O)Nc1ccc(N2CCOCC2)cc1. The van der Waals surface area contributed by atoms with E-state index in [2.05, 4.69) is 15.5 Å². The molecular weight excluding hydrogens is 440 g/mol. The monoisotopic (exact) mass is 472 g/mol. The summed E-state index contributed by atoms with van der Waals surface area (Å²) < 4.78 is 5.40. The normalized spacial score (nSPS) is 14.4. The molecule has 0 spiro atoms. The van der Waals surface area contributed by atoms with Crippen LogP contribution < -0.4 is 15.5 Å². The Morgan fingerprint density at radius 2 is 1.57 bits per heavy atom. The predicted octanol–water partition coefficient (Wildman–Crippen LogP) is 4.09. The van der Waals surface area contributed by atoms with Gasteiger partial charge in [-0.05, 0) is 49.9 Å². The number of benzene rings is 3. The van der Waals surface area contributed by atoms with Crippen molar-refractivity contribution in [2.75, 3.05) is 55.4 Å². The third kappa shape index (κ3) is 6.47. The molecule has 1 aliphatic rings. The Hall–Kier alpha value is -3.68. The second-order valence-corrected chi connectivity index (χ2v) is 8.69. The predicted molar refractivity (Wildman–Crippen MR) is 141 cm³/mol. The minimum absolute atomic E-state index is 0.0974. The molecule has 35 heavy (non-hydrogen) atoms. The lowest BCUT2D eigenvalue weighted by Crippen LogP contribution is -2.43. The Balaban J connectivity index is 1.31. The lowest BCUT2D eigenvalue weighted by molar-refractivity contribution is -0.122. The summed E-state index contributed by atoms with van der Waals surface area (Å²) >= 11 is 0. The van der Waals surface area contributed by atoms with E-state index in [9.17, 15) is 9.59 Å². The van der Waals surface area contributed by atoms with Crippen LogP contribution in [0.5, 0.6) is 0 Å². The van der Waals surface area contributed by atoms with E-state index in [1.165, 1.54) is 0 Å². The van der Waals surface area contributed by atoms with Gasteiger partial charge in [0.25, 0.3) is 0 Å². The summed E-state index contributed by atoms with van der Waals surface area (Å²) in [5.74, 6) is -0.338. The van der Waals surface area contributed by atoms with Crippen molar-refractivity contribution in [3.8, 4) is 11.1 Å². The zero-order valence-electron chi connectivity index (χ0n) is 20.2. The highest BCUT2D eigenvalue weighted by molar-refractivity contribution is 5.99. The van der Waals surface area contributed by atoms with E-state index in [1.54, 1.807) is 18.9 Å². The number of ether oxygens (including phenoxy) is 1. The van der Waals surface area contributed by atoms with Crippen LogP contribution >= 0.6 is 0 Å². The van der Waals surface area contributed by atoms with Crippen LogP contribution in [0.1, 0.15) is 6.92 Å². The number of likely N-dealkylation sites (N-methyl/N-ethyl adjacent to an activating group) is 1. The Morgan fingerprint density at radius 1 is 0.914 bits per heavy atom. The molecule has 7 heteroatoms. The summed E-state index contributed by atoms with van der Waals surface area (Å²) in [5.41, 5.74) is 4.57. The van der Waals surface area contributed by atoms with Gasteiger partial charge in [-0.15, -0.1) is 0 Å². The second-order valence-electron chi connectivity index (χ2n) is 8.69. The summed E-state index contributed by atoms with van der Waals surface area (Å²) in [7, 11) is 1.77. The van der Waals surface area contributed by atoms with E-state index in [-0.39, 0.29) is 18.4 Å². The van der Waals surface area contributed by atoms with Gasteiger partial charge in [-0.2, -0.15) is 0 Å². The van der Waals surface area contributed by atoms with Gasteiger partial charge in [0, 0.05) is 35.7 Å².